The molecule has 1 aliphatic heterocycles. The van der Waals surface area contributed by atoms with Crippen molar-refractivity contribution in [2.24, 2.45) is 5.92 Å². The largest absolute Gasteiger partial charge is 0.465 e. The normalized spacial score (nSPS) is 17.6. The van der Waals surface area contributed by atoms with Crippen LogP contribution in [0.25, 0.3) is 12.2 Å². The number of aryl methyl sites for hydroxylation is 1. The first-order valence-electron chi connectivity index (χ1n) is 10.4. The summed E-state index contributed by atoms with van der Waals surface area (Å²) in [7, 11) is -3.89. The van der Waals surface area contributed by atoms with E-state index in [4.69, 9.17) is 8.94 Å². The van der Waals surface area contributed by atoms with Gasteiger partial charge in [0.2, 0.25) is 15.9 Å². The number of piperidine rings is 1. The molecule has 0 spiro atoms. The zero-order chi connectivity index (χ0) is 22.6. The Kier molecular flexibility index (Phi) is 6.57. The Balaban J connectivity index is 1.48. The maximum absolute atomic E-state index is 13.4. The van der Waals surface area contributed by atoms with Crippen molar-refractivity contribution in [3.63, 3.8) is 0 Å². The molecule has 0 aliphatic carbocycles. The van der Waals surface area contributed by atoms with E-state index in [9.17, 15) is 13.2 Å². The second kappa shape index (κ2) is 9.54. The molecule has 1 fully saturated rings. The fourth-order valence-corrected chi connectivity index (χ4v) is 5.55. The number of carbonyl (C=O) groups is 1. The van der Waals surface area contributed by atoms with E-state index >= 15 is 0 Å². The van der Waals surface area contributed by atoms with Crippen LogP contribution >= 0.6 is 0 Å². The van der Waals surface area contributed by atoms with Gasteiger partial charge in [0, 0.05) is 19.6 Å². The summed E-state index contributed by atoms with van der Waals surface area (Å²) in [4.78, 5) is 12.7. The summed E-state index contributed by atoms with van der Waals surface area (Å²) in [5.74, 6) is 0.142. The number of hydrogen-bond donors (Lipinski definition) is 1. The first-order chi connectivity index (χ1) is 15.4. The molecule has 2 aromatic heterocycles. The van der Waals surface area contributed by atoms with Crippen molar-refractivity contribution in [3.8, 4) is 0 Å². The molecule has 1 saturated heterocycles. The minimum absolute atomic E-state index is 0.0191. The Bertz CT molecular complexity index is 1180. The van der Waals surface area contributed by atoms with E-state index < -0.39 is 15.9 Å². The summed E-state index contributed by atoms with van der Waals surface area (Å²) in [6, 6.07) is 13.1. The van der Waals surface area contributed by atoms with Crippen molar-refractivity contribution in [1.82, 2.24) is 14.8 Å². The van der Waals surface area contributed by atoms with Gasteiger partial charge in [-0.3, -0.25) is 4.79 Å². The molecule has 8 nitrogen and oxygen atoms in total. The van der Waals surface area contributed by atoms with E-state index in [-0.39, 0.29) is 28.8 Å². The smallest absolute Gasteiger partial charge is 0.248 e. The lowest BCUT2D eigenvalue weighted by molar-refractivity contribution is -0.126. The second-order valence-electron chi connectivity index (χ2n) is 7.72. The van der Waals surface area contributed by atoms with Crippen molar-refractivity contribution < 1.29 is 22.2 Å². The van der Waals surface area contributed by atoms with Crippen molar-refractivity contribution in [2.75, 3.05) is 13.1 Å². The van der Waals surface area contributed by atoms with E-state index in [1.807, 2.05) is 30.3 Å². The van der Waals surface area contributed by atoms with Gasteiger partial charge in [0.15, 0.2) is 10.7 Å². The predicted octanol–water partition coefficient (Wildman–Crippen LogP) is 3.46. The summed E-state index contributed by atoms with van der Waals surface area (Å²) in [6.07, 6.45) is 5.92. The monoisotopic (exact) mass is 455 g/mol. The van der Waals surface area contributed by atoms with Gasteiger partial charge in [0.1, 0.15) is 11.5 Å². The molecule has 0 bridgehead atoms. The summed E-state index contributed by atoms with van der Waals surface area (Å²) >= 11 is 0. The molecule has 0 radical (unpaired) electrons. The molecule has 3 aromatic rings. The lowest BCUT2D eigenvalue weighted by atomic mass is 9.99. The third kappa shape index (κ3) is 4.84. The topological polar surface area (TPSA) is 106 Å². The van der Waals surface area contributed by atoms with Gasteiger partial charge >= 0.3 is 0 Å². The summed E-state index contributed by atoms with van der Waals surface area (Å²) < 4.78 is 38.7. The zero-order valence-electron chi connectivity index (χ0n) is 17.7. The molecule has 0 unspecified atom stereocenters. The number of carbonyl (C=O) groups excluding carboxylic acids is 1. The Labute approximate surface area is 186 Å². The number of hydrogen-bond acceptors (Lipinski definition) is 6. The van der Waals surface area contributed by atoms with Crippen molar-refractivity contribution >= 4 is 28.1 Å². The highest BCUT2D eigenvalue weighted by molar-refractivity contribution is 7.89. The Hall–Kier alpha value is -3.17. The van der Waals surface area contributed by atoms with E-state index in [1.165, 1.54) is 16.6 Å². The molecule has 3 heterocycles. The lowest BCUT2D eigenvalue weighted by Crippen LogP contribution is -2.45. The molecule has 1 atom stereocenters. The van der Waals surface area contributed by atoms with E-state index in [0.29, 0.717) is 31.7 Å². The Morgan fingerprint density at radius 2 is 2.03 bits per heavy atom. The second-order valence-corrected chi connectivity index (χ2v) is 9.59. The Morgan fingerprint density at radius 1 is 1.22 bits per heavy atom. The third-order valence-corrected chi connectivity index (χ3v) is 7.46. The average molecular weight is 456 g/mol. The van der Waals surface area contributed by atoms with Gasteiger partial charge in [0.25, 0.3) is 0 Å². The molecule has 1 N–H and O–H groups in total. The van der Waals surface area contributed by atoms with Crippen LogP contribution in [0.5, 0.6) is 0 Å². The highest BCUT2D eigenvalue weighted by Crippen LogP contribution is 2.29. The molecule has 168 valence electrons. The highest BCUT2D eigenvalue weighted by Gasteiger charge is 2.36. The number of aromatic nitrogens is 1. The summed E-state index contributed by atoms with van der Waals surface area (Å²) in [5, 5.41) is 6.77. The first-order valence-corrected chi connectivity index (χ1v) is 11.9. The van der Waals surface area contributed by atoms with Crippen LogP contribution in [0.4, 0.5) is 0 Å². The van der Waals surface area contributed by atoms with Gasteiger partial charge in [-0.15, -0.1) is 0 Å². The fraction of sp³-hybridized carbons (Fsp3) is 0.304. The van der Waals surface area contributed by atoms with Crippen LogP contribution in [-0.4, -0.2) is 36.9 Å². The average Bonchev–Trinajstić information content (AvgIpc) is 3.46. The molecular formula is C23H25N3O5S. The number of rotatable bonds is 7. The maximum Gasteiger partial charge on any atom is 0.248 e. The van der Waals surface area contributed by atoms with E-state index in [0.717, 1.165) is 5.56 Å². The van der Waals surface area contributed by atoms with Crippen molar-refractivity contribution in [1.29, 1.82) is 0 Å². The van der Waals surface area contributed by atoms with Gasteiger partial charge in [-0.1, -0.05) is 35.5 Å². The van der Waals surface area contributed by atoms with Gasteiger partial charge in [-0.2, -0.15) is 4.31 Å². The Morgan fingerprint density at radius 3 is 2.78 bits per heavy atom. The standard InChI is InChI=1S/C23H25N3O5S/c1-17-22(21(31-25-17)12-11-20-10-6-14-30-20)32(28,29)26-13-5-9-19(16-26)23(27)24-15-18-7-3-2-4-8-18/h2-4,6-8,10-12,14,19H,5,9,13,15-16H2,1H3,(H,24,27)/b12-11+/t19-/m1/s1. The van der Waals surface area contributed by atoms with Crippen LogP contribution in [-0.2, 0) is 21.4 Å². The van der Waals surface area contributed by atoms with Gasteiger partial charge in [-0.25, -0.2) is 8.42 Å². The van der Waals surface area contributed by atoms with Crippen LogP contribution in [0.2, 0.25) is 0 Å². The van der Waals surface area contributed by atoms with Crippen LogP contribution < -0.4 is 5.32 Å². The maximum atomic E-state index is 13.4. The number of benzene rings is 1. The molecule has 4 rings (SSSR count). The molecular weight excluding hydrogens is 430 g/mol. The molecule has 32 heavy (non-hydrogen) atoms. The van der Waals surface area contributed by atoms with E-state index in [2.05, 4.69) is 10.5 Å². The summed E-state index contributed by atoms with van der Waals surface area (Å²) in [5.41, 5.74) is 1.27. The first kappa shape index (κ1) is 22.0. The number of sulfonamides is 1. The predicted molar refractivity (Wildman–Crippen MR) is 119 cm³/mol. The molecule has 1 aromatic carbocycles. The van der Waals surface area contributed by atoms with Crippen LogP contribution in [0.1, 0.15) is 35.6 Å². The number of furan rings is 1. The van der Waals surface area contributed by atoms with Crippen molar-refractivity contribution in [2.45, 2.75) is 31.2 Å². The van der Waals surface area contributed by atoms with Crippen LogP contribution in [0.15, 0.2) is 62.6 Å². The molecule has 1 aliphatic rings. The fourth-order valence-electron chi connectivity index (χ4n) is 3.78. The SMILES string of the molecule is Cc1noc(/C=C/c2ccco2)c1S(=O)(=O)N1CCC[C@@H](C(=O)NCc2ccccc2)C1. The zero-order valence-corrected chi connectivity index (χ0v) is 18.5. The van der Waals surface area contributed by atoms with E-state index in [1.54, 1.807) is 25.1 Å². The molecule has 1 amide bonds. The minimum Gasteiger partial charge on any atom is -0.465 e. The number of amides is 1. The van der Waals surface area contributed by atoms with Gasteiger partial charge in [0.05, 0.1) is 12.2 Å². The minimum atomic E-state index is -3.89. The molecule has 0 saturated carbocycles. The number of nitrogens with one attached hydrogen (secondary N) is 1. The van der Waals surface area contributed by atoms with Gasteiger partial charge < -0.3 is 14.3 Å². The van der Waals surface area contributed by atoms with Crippen molar-refractivity contribution in [3.05, 3.63) is 71.5 Å². The quantitative estimate of drug-likeness (QED) is 0.585. The summed E-state index contributed by atoms with van der Waals surface area (Å²) in [6.45, 7) is 2.47. The van der Waals surface area contributed by atoms with Crippen LogP contribution in [0, 0.1) is 12.8 Å². The highest BCUT2D eigenvalue weighted by atomic mass is 32.2. The molecule has 9 heteroatoms. The number of nitrogens with zero attached hydrogens (tertiary/aromatic N) is 2. The lowest BCUT2D eigenvalue weighted by Gasteiger charge is -2.31. The van der Waals surface area contributed by atoms with Crippen LogP contribution in [0.3, 0.4) is 0 Å². The third-order valence-electron chi connectivity index (χ3n) is 5.44. The van der Waals surface area contributed by atoms with Gasteiger partial charge in [-0.05, 0) is 49.6 Å².